The summed E-state index contributed by atoms with van der Waals surface area (Å²) in [6.07, 6.45) is -2.18. The fourth-order valence-electron chi connectivity index (χ4n) is 6.04. The van der Waals surface area contributed by atoms with E-state index in [0.29, 0.717) is 11.1 Å². The first-order chi connectivity index (χ1) is 18.9. The smallest absolute Gasteiger partial charge is 0.327 e. The van der Waals surface area contributed by atoms with Crippen molar-refractivity contribution in [1.82, 2.24) is 15.7 Å². The maximum atomic E-state index is 14.1. The highest BCUT2D eigenvalue weighted by Gasteiger charge is 2.74. The van der Waals surface area contributed by atoms with E-state index in [4.69, 9.17) is 24.2 Å². The summed E-state index contributed by atoms with van der Waals surface area (Å²) >= 11 is 2.23. The van der Waals surface area contributed by atoms with Crippen molar-refractivity contribution in [3.63, 3.8) is 0 Å². The van der Waals surface area contributed by atoms with Crippen LogP contribution in [0.2, 0.25) is 0 Å². The van der Waals surface area contributed by atoms with Gasteiger partial charge in [0.2, 0.25) is 5.91 Å². The summed E-state index contributed by atoms with van der Waals surface area (Å²) in [4.78, 5) is 46.2. The van der Waals surface area contributed by atoms with Crippen molar-refractivity contribution in [2.24, 2.45) is 5.41 Å². The van der Waals surface area contributed by atoms with Gasteiger partial charge in [0, 0.05) is 28.6 Å². The molecule has 6 rings (SSSR count). The normalized spacial score (nSPS) is 30.9. The van der Waals surface area contributed by atoms with Crippen molar-refractivity contribution < 1.29 is 38.5 Å². The molecular weight excluding hydrogens is 621 g/mol. The molecule has 3 saturated heterocycles. The van der Waals surface area contributed by atoms with Crippen LogP contribution >= 0.6 is 22.6 Å². The summed E-state index contributed by atoms with van der Waals surface area (Å²) in [7, 11) is 0. The monoisotopic (exact) mass is 649 g/mol. The van der Waals surface area contributed by atoms with Gasteiger partial charge in [-0.2, -0.15) is 5.06 Å². The average molecular weight is 649 g/mol. The number of ether oxygens (including phenoxy) is 3. The zero-order valence-electron chi connectivity index (χ0n) is 20.9. The lowest BCUT2D eigenvalue weighted by Crippen LogP contribution is -2.69. The second-order valence-corrected chi connectivity index (χ2v) is 11.3. The molecule has 2 aromatic carbocycles. The second kappa shape index (κ2) is 10.7. The zero-order valence-corrected chi connectivity index (χ0v) is 23.0. The topological polar surface area (TPSA) is 136 Å². The molecule has 3 aliphatic heterocycles. The molecule has 12 heteroatoms. The summed E-state index contributed by atoms with van der Waals surface area (Å²) in [6.45, 7) is 0.455. The molecule has 4 aliphatic rings. The SMILES string of the molecule is O=C(NCCO)c1cccc(CNC(=O)C23CC4OC(=O)C2N(Cc2ccc(I)cc2)OC3C2OCOC42)c1. The number of amides is 2. The van der Waals surface area contributed by atoms with E-state index in [1.807, 2.05) is 24.3 Å². The van der Waals surface area contributed by atoms with Crippen LogP contribution in [-0.4, -0.2) is 78.4 Å². The largest absolute Gasteiger partial charge is 0.458 e. The third kappa shape index (κ3) is 4.72. The van der Waals surface area contributed by atoms with E-state index in [1.165, 1.54) is 0 Å². The maximum absolute atomic E-state index is 14.1. The molecule has 6 unspecified atom stereocenters. The van der Waals surface area contributed by atoms with Gasteiger partial charge in [-0.25, -0.2) is 0 Å². The lowest BCUT2D eigenvalue weighted by atomic mass is 9.62. The van der Waals surface area contributed by atoms with Gasteiger partial charge >= 0.3 is 5.97 Å². The Morgan fingerprint density at radius 1 is 1.08 bits per heavy atom. The highest BCUT2D eigenvalue weighted by Crippen LogP contribution is 2.55. The molecule has 206 valence electrons. The van der Waals surface area contributed by atoms with Gasteiger partial charge in [0.05, 0.1) is 13.2 Å². The van der Waals surface area contributed by atoms with Gasteiger partial charge in [0.1, 0.15) is 36.6 Å². The number of hydroxylamine groups is 2. The van der Waals surface area contributed by atoms with E-state index < -0.39 is 41.8 Å². The summed E-state index contributed by atoms with van der Waals surface area (Å²) < 4.78 is 18.5. The molecule has 4 fully saturated rings. The van der Waals surface area contributed by atoms with E-state index in [0.717, 1.165) is 9.13 Å². The number of esters is 1. The van der Waals surface area contributed by atoms with Crippen LogP contribution < -0.4 is 10.6 Å². The summed E-state index contributed by atoms with van der Waals surface area (Å²) in [6, 6.07) is 13.8. The van der Waals surface area contributed by atoms with Crippen LogP contribution in [-0.2, 0) is 41.7 Å². The van der Waals surface area contributed by atoms with Crippen molar-refractivity contribution in [2.45, 2.75) is 50.0 Å². The Morgan fingerprint density at radius 2 is 1.87 bits per heavy atom. The summed E-state index contributed by atoms with van der Waals surface area (Å²) in [5, 5.41) is 16.1. The van der Waals surface area contributed by atoms with Crippen molar-refractivity contribution in [3.8, 4) is 0 Å². The molecule has 0 aromatic heterocycles. The van der Waals surface area contributed by atoms with Crippen LogP contribution in [0.5, 0.6) is 0 Å². The number of nitrogens with zero attached hydrogens (tertiary/aromatic N) is 1. The van der Waals surface area contributed by atoms with E-state index in [-0.39, 0.29) is 51.3 Å². The first-order valence-electron chi connectivity index (χ1n) is 12.8. The quantitative estimate of drug-likeness (QED) is 0.281. The van der Waals surface area contributed by atoms with Gasteiger partial charge in [-0.3, -0.25) is 19.2 Å². The average Bonchev–Trinajstić information content (AvgIpc) is 3.56. The first-order valence-corrected chi connectivity index (χ1v) is 13.9. The lowest BCUT2D eigenvalue weighted by molar-refractivity contribution is -0.201. The maximum Gasteiger partial charge on any atom is 0.327 e. The van der Waals surface area contributed by atoms with Gasteiger partial charge in [0.25, 0.3) is 5.91 Å². The summed E-state index contributed by atoms with van der Waals surface area (Å²) in [5.74, 6) is -1.18. The number of nitrogens with one attached hydrogen (secondary N) is 2. The third-order valence-corrected chi connectivity index (χ3v) is 8.51. The number of halogens is 1. The number of carbonyl (C=O) groups excluding carboxylic acids is 3. The van der Waals surface area contributed by atoms with E-state index in [2.05, 4.69) is 33.2 Å². The minimum Gasteiger partial charge on any atom is -0.458 e. The number of hydrogen-bond donors (Lipinski definition) is 3. The molecule has 0 radical (unpaired) electrons. The van der Waals surface area contributed by atoms with E-state index in [1.54, 1.807) is 29.3 Å². The molecule has 2 bridgehead atoms. The highest BCUT2D eigenvalue weighted by molar-refractivity contribution is 14.1. The molecule has 1 aliphatic carbocycles. The molecule has 6 atom stereocenters. The number of aliphatic hydroxyl groups is 1. The number of hydrogen-bond acceptors (Lipinski definition) is 9. The van der Waals surface area contributed by atoms with Gasteiger partial charge < -0.3 is 30.0 Å². The van der Waals surface area contributed by atoms with Crippen molar-refractivity contribution in [2.75, 3.05) is 19.9 Å². The summed E-state index contributed by atoms with van der Waals surface area (Å²) in [5.41, 5.74) is 0.813. The fourth-order valence-corrected chi connectivity index (χ4v) is 6.40. The van der Waals surface area contributed by atoms with Gasteiger partial charge in [0.15, 0.2) is 6.04 Å². The van der Waals surface area contributed by atoms with Crippen LogP contribution in [0.1, 0.15) is 27.9 Å². The van der Waals surface area contributed by atoms with Crippen molar-refractivity contribution in [1.29, 1.82) is 0 Å². The van der Waals surface area contributed by atoms with Crippen LogP contribution in [0.4, 0.5) is 0 Å². The van der Waals surface area contributed by atoms with Gasteiger partial charge in [-0.05, 0) is 58.0 Å². The molecule has 3 heterocycles. The number of carbonyl (C=O) groups is 3. The van der Waals surface area contributed by atoms with Crippen LogP contribution in [0, 0.1) is 8.99 Å². The zero-order chi connectivity index (χ0) is 27.1. The van der Waals surface area contributed by atoms with Crippen LogP contribution in [0.15, 0.2) is 48.5 Å². The Morgan fingerprint density at radius 3 is 2.67 bits per heavy atom. The minimum atomic E-state index is -1.24. The highest BCUT2D eigenvalue weighted by atomic mass is 127. The molecular formula is C27H28IN3O8. The second-order valence-electron chi connectivity index (χ2n) is 10.1. The molecule has 1 saturated carbocycles. The van der Waals surface area contributed by atoms with Crippen molar-refractivity contribution in [3.05, 3.63) is 68.8 Å². The number of rotatable bonds is 8. The van der Waals surface area contributed by atoms with Crippen molar-refractivity contribution >= 4 is 40.4 Å². The fraction of sp³-hybridized carbons (Fsp3) is 0.444. The molecule has 0 spiro atoms. The number of benzene rings is 2. The standard InChI is InChI=1S/C27H28IN3O8/c28-18-6-4-15(5-7-18)13-31-22-25(34)38-19-11-27(22,23(39-31)21-20(19)36-14-37-21)26(35)30-12-16-2-1-3-17(10-16)24(33)29-8-9-32/h1-7,10,19-23,32H,8-9,11-14H2,(H,29,33)(H,30,35). The predicted molar refractivity (Wildman–Crippen MR) is 143 cm³/mol. The lowest BCUT2D eigenvalue weighted by Gasteiger charge is -2.48. The minimum absolute atomic E-state index is 0.0356. The number of aliphatic hydroxyl groups excluding tert-OH is 1. The van der Waals surface area contributed by atoms with Crippen LogP contribution in [0.25, 0.3) is 0 Å². The molecule has 2 amide bonds. The Balaban J connectivity index is 1.27. The molecule has 3 N–H and O–H groups in total. The molecule has 11 nitrogen and oxygen atoms in total. The van der Waals surface area contributed by atoms with Gasteiger partial charge in [-0.1, -0.05) is 24.3 Å². The predicted octanol–water partition coefficient (Wildman–Crippen LogP) is 0.871. The first kappa shape index (κ1) is 26.6. The Hall–Kier alpha value is -2.62. The van der Waals surface area contributed by atoms with Gasteiger partial charge in [-0.15, -0.1) is 0 Å². The third-order valence-electron chi connectivity index (χ3n) is 7.79. The van der Waals surface area contributed by atoms with E-state index in [9.17, 15) is 14.4 Å². The Bertz CT molecular complexity index is 1280. The van der Waals surface area contributed by atoms with E-state index >= 15 is 0 Å². The Kier molecular flexibility index (Phi) is 7.33. The number of fused-ring (bicyclic) bond motifs is 4. The Labute approximate surface area is 238 Å². The molecule has 2 aromatic rings. The van der Waals surface area contributed by atoms with Crippen LogP contribution in [0.3, 0.4) is 0 Å². The molecule has 39 heavy (non-hydrogen) atoms.